The Bertz CT molecular complexity index is 1260. The molecule has 2 amide bonds. The number of hydrogen-bond donors (Lipinski definition) is 4. The molecule has 0 saturated carbocycles. The Morgan fingerprint density at radius 2 is 1.85 bits per heavy atom. The van der Waals surface area contributed by atoms with Crippen molar-refractivity contribution in [3.63, 3.8) is 0 Å². The van der Waals surface area contributed by atoms with Gasteiger partial charge in [0.05, 0.1) is 24.2 Å². The van der Waals surface area contributed by atoms with E-state index in [2.05, 4.69) is 25.5 Å². The van der Waals surface area contributed by atoms with Gasteiger partial charge in [-0.25, -0.2) is 9.78 Å². The molecule has 33 heavy (non-hydrogen) atoms. The molecular weight excluding hydrogens is 414 g/mol. The lowest BCUT2D eigenvalue weighted by Crippen LogP contribution is -2.29. The van der Waals surface area contributed by atoms with Crippen LogP contribution in [-0.4, -0.2) is 34.2 Å². The summed E-state index contributed by atoms with van der Waals surface area (Å²) in [6.07, 6.45) is 7.31. The number of anilines is 3. The molecule has 2 aromatic heterocycles. The molecule has 7 heteroatoms. The van der Waals surface area contributed by atoms with Gasteiger partial charge in [0, 0.05) is 30.2 Å². The molecule has 0 radical (unpaired) electrons. The van der Waals surface area contributed by atoms with Gasteiger partial charge in [-0.1, -0.05) is 24.3 Å². The van der Waals surface area contributed by atoms with Gasteiger partial charge in [0.1, 0.15) is 5.82 Å². The summed E-state index contributed by atoms with van der Waals surface area (Å²) in [7, 11) is 0. The van der Waals surface area contributed by atoms with Crippen LogP contribution in [0.1, 0.15) is 24.8 Å². The van der Waals surface area contributed by atoms with Crippen LogP contribution in [0.5, 0.6) is 0 Å². The molecule has 0 spiro atoms. The average molecular weight is 442 g/mol. The number of carbonyl (C=O) groups excluding carboxylic acids is 1. The Hall–Kier alpha value is -3.84. The number of nitrogens with one attached hydrogen (secondary N) is 3. The number of aliphatic hydroxyl groups is 1. The second-order valence-corrected chi connectivity index (χ2v) is 8.35. The van der Waals surface area contributed by atoms with Crippen molar-refractivity contribution < 1.29 is 9.90 Å². The van der Waals surface area contributed by atoms with Crippen molar-refractivity contribution in [2.24, 2.45) is 0 Å². The molecule has 1 aliphatic heterocycles. The lowest BCUT2D eigenvalue weighted by molar-refractivity contribution is 0.262. The number of pyridine rings is 1. The monoisotopic (exact) mass is 441 g/mol. The summed E-state index contributed by atoms with van der Waals surface area (Å²) in [5.74, 6) is 0.509. The zero-order chi connectivity index (χ0) is 22.6. The van der Waals surface area contributed by atoms with Crippen molar-refractivity contribution in [2.45, 2.75) is 25.9 Å². The van der Waals surface area contributed by atoms with Gasteiger partial charge < -0.3 is 20.3 Å². The lowest BCUT2D eigenvalue weighted by Gasteiger charge is -2.28. The summed E-state index contributed by atoms with van der Waals surface area (Å²) in [5, 5.41) is 16.1. The molecule has 0 atom stereocenters. The van der Waals surface area contributed by atoms with Crippen LogP contribution in [0.15, 0.2) is 67.0 Å². The van der Waals surface area contributed by atoms with Crippen LogP contribution < -0.4 is 15.5 Å². The topological polar surface area (TPSA) is 93.3 Å². The summed E-state index contributed by atoms with van der Waals surface area (Å²) in [4.78, 5) is 22.6. The van der Waals surface area contributed by atoms with Gasteiger partial charge in [0.25, 0.3) is 0 Å². The van der Waals surface area contributed by atoms with Crippen LogP contribution in [0.25, 0.3) is 22.0 Å². The molecule has 1 saturated heterocycles. The number of H-pyrrole nitrogens is 1. The van der Waals surface area contributed by atoms with Crippen molar-refractivity contribution in [3.05, 3.63) is 72.6 Å². The van der Waals surface area contributed by atoms with E-state index in [1.807, 2.05) is 60.8 Å². The van der Waals surface area contributed by atoms with Gasteiger partial charge >= 0.3 is 6.03 Å². The maximum Gasteiger partial charge on any atom is 0.324 e. The second kappa shape index (κ2) is 9.34. The largest absolute Gasteiger partial charge is 0.392 e. The van der Waals surface area contributed by atoms with Crippen molar-refractivity contribution in [1.82, 2.24) is 9.97 Å². The zero-order valence-corrected chi connectivity index (χ0v) is 18.3. The summed E-state index contributed by atoms with van der Waals surface area (Å²) in [6, 6.07) is 17.3. The summed E-state index contributed by atoms with van der Waals surface area (Å²) >= 11 is 0. The molecule has 2 aromatic carbocycles. The highest BCUT2D eigenvalue weighted by Crippen LogP contribution is 2.30. The van der Waals surface area contributed by atoms with E-state index in [9.17, 15) is 9.90 Å². The van der Waals surface area contributed by atoms with Crippen LogP contribution in [0.3, 0.4) is 0 Å². The number of urea groups is 1. The first-order chi connectivity index (χ1) is 16.2. The minimum absolute atomic E-state index is 0.000260. The first-order valence-electron chi connectivity index (χ1n) is 11.3. The lowest BCUT2D eigenvalue weighted by atomic mass is 10.0. The van der Waals surface area contributed by atoms with Gasteiger partial charge in [0.2, 0.25) is 0 Å². The Kier molecular flexibility index (Phi) is 5.95. The van der Waals surface area contributed by atoms with Gasteiger partial charge in [0.15, 0.2) is 0 Å². The molecular formula is C26H27N5O2. The van der Waals surface area contributed by atoms with Crippen LogP contribution >= 0.6 is 0 Å². The summed E-state index contributed by atoms with van der Waals surface area (Å²) in [6.45, 7) is 2.11. The minimum Gasteiger partial charge on any atom is -0.392 e. The second-order valence-electron chi connectivity index (χ2n) is 8.35. The van der Waals surface area contributed by atoms with E-state index >= 15 is 0 Å². The molecule has 168 valence electrons. The molecule has 0 aliphatic carbocycles. The van der Waals surface area contributed by atoms with E-state index in [0.29, 0.717) is 11.5 Å². The number of fused-ring (bicyclic) bond motifs is 1. The quantitative estimate of drug-likeness (QED) is 0.336. The Labute approximate surface area is 192 Å². The number of amides is 2. The highest BCUT2D eigenvalue weighted by Gasteiger charge is 2.13. The maximum absolute atomic E-state index is 12.6. The molecule has 0 bridgehead atoms. The molecule has 1 aliphatic rings. The van der Waals surface area contributed by atoms with Crippen LogP contribution in [0.2, 0.25) is 0 Å². The summed E-state index contributed by atoms with van der Waals surface area (Å²) < 4.78 is 0. The van der Waals surface area contributed by atoms with E-state index in [4.69, 9.17) is 0 Å². The number of benzene rings is 2. The highest BCUT2D eigenvalue weighted by molar-refractivity contribution is 6.06. The van der Waals surface area contributed by atoms with Crippen LogP contribution in [0.4, 0.5) is 22.0 Å². The van der Waals surface area contributed by atoms with Crippen molar-refractivity contribution >= 4 is 34.1 Å². The fourth-order valence-electron chi connectivity index (χ4n) is 4.32. The van der Waals surface area contributed by atoms with E-state index in [1.165, 1.54) is 19.3 Å². The van der Waals surface area contributed by atoms with Crippen LogP contribution in [-0.2, 0) is 6.61 Å². The SMILES string of the molecule is O=C(Nc1ccc(N2CCCCC2)cn1)Nc1c[nH]c2ccc(-c3cccc(CO)c3)cc12. The molecule has 3 heterocycles. The number of aliphatic hydroxyl groups excluding tert-OH is 1. The summed E-state index contributed by atoms with van der Waals surface area (Å²) in [5.41, 5.74) is 5.59. The number of rotatable bonds is 5. The maximum atomic E-state index is 12.6. The fourth-order valence-corrected chi connectivity index (χ4v) is 4.32. The van der Waals surface area contributed by atoms with Gasteiger partial charge in [-0.3, -0.25) is 5.32 Å². The van der Waals surface area contributed by atoms with E-state index in [-0.39, 0.29) is 12.6 Å². The molecule has 7 nitrogen and oxygen atoms in total. The number of aromatic nitrogens is 2. The zero-order valence-electron chi connectivity index (χ0n) is 18.3. The third-order valence-corrected chi connectivity index (χ3v) is 6.08. The fraction of sp³-hybridized carbons (Fsp3) is 0.231. The van der Waals surface area contributed by atoms with Gasteiger partial charge in [-0.05, 0) is 66.3 Å². The Balaban J connectivity index is 1.30. The molecule has 5 rings (SSSR count). The Morgan fingerprint density at radius 1 is 1.00 bits per heavy atom. The van der Waals surface area contributed by atoms with Crippen molar-refractivity contribution in [3.8, 4) is 11.1 Å². The number of nitrogens with zero attached hydrogens (tertiary/aromatic N) is 2. The third-order valence-electron chi connectivity index (χ3n) is 6.08. The predicted molar refractivity (Wildman–Crippen MR) is 133 cm³/mol. The van der Waals surface area contributed by atoms with Gasteiger partial charge in [-0.2, -0.15) is 0 Å². The molecule has 1 fully saturated rings. The highest BCUT2D eigenvalue weighted by atomic mass is 16.3. The Morgan fingerprint density at radius 3 is 2.64 bits per heavy atom. The first-order valence-corrected chi connectivity index (χ1v) is 11.3. The van der Waals surface area contributed by atoms with E-state index < -0.39 is 0 Å². The average Bonchev–Trinajstić information content (AvgIpc) is 3.27. The number of piperidine rings is 1. The first kappa shape index (κ1) is 21.0. The third kappa shape index (κ3) is 4.68. The van der Waals surface area contributed by atoms with Crippen molar-refractivity contribution in [2.75, 3.05) is 28.6 Å². The number of hydrogen-bond acceptors (Lipinski definition) is 4. The minimum atomic E-state index is -0.346. The smallest absolute Gasteiger partial charge is 0.324 e. The van der Waals surface area contributed by atoms with E-state index in [0.717, 1.165) is 46.4 Å². The predicted octanol–water partition coefficient (Wildman–Crippen LogP) is 5.36. The van der Waals surface area contributed by atoms with Gasteiger partial charge in [-0.15, -0.1) is 0 Å². The number of carbonyl (C=O) groups is 1. The van der Waals surface area contributed by atoms with E-state index in [1.54, 1.807) is 6.20 Å². The normalized spacial score (nSPS) is 13.8. The molecule has 4 N–H and O–H groups in total. The number of aromatic amines is 1. The molecule has 0 unspecified atom stereocenters. The molecule has 4 aromatic rings. The van der Waals surface area contributed by atoms with Crippen molar-refractivity contribution in [1.29, 1.82) is 0 Å². The standard InChI is InChI=1S/C26H27N5O2/c32-17-18-5-4-6-19(13-18)20-7-9-23-22(14-20)24(16-27-23)29-26(33)30-25-10-8-21(15-28-25)31-11-2-1-3-12-31/h4-10,13-16,27,32H,1-3,11-12,17H2,(H2,28,29,30,33). The van der Waals surface area contributed by atoms with Crippen LogP contribution in [0, 0.1) is 0 Å².